The Balaban J connectivity index is 1.53. The van der Waals surface area contributed by atoms with Gasteiger partial charge >= 0.3 is 6.09 Å². The van der Waals surface area contributed by atoms with Crippen LogP contribution in [0.15, 0.2) is 35.1 Å². The number of anilines is 1. The average Bonchev–Trinajstić information content (AvgIpc) is 3.07. The molecule has 1 amide bonds. The van der Waals surface area contributed by atoms with Crippen molar-refractivity contribution in [1.82, 2.24) is 14.9 Å². The van der Waals surface area contributed by atoms with Crippen LogP contribution in [0, 0.1) is 0 Å². The van der Waals surface area contributed by atoms with Crippen molar-refractivity contribution in [3.05, 3.63) is 30.2 Å². The summed E-state index contributed by atoms with van der Waals surface area (Å²) in [6, 6.07) is 3.90. The molecule has 32 heavy (non-hydrogen) atoms. The van der Waals surface area contributed by atoms with Crippen LogP contribution in [0.4, 0.5) is 10.5 Å². The summed E-state index contributed by atoms with van der Waals surface area (Å²) in [6.45, 7) is 7.45. The number of cyclic esters (lactones) is 1. The first-order valence-corrected chi connectivity index (χ1v) is 11.8. The first-order chi connectivity index (χ1) is 15.1. The largest absolute Gasteiger partial charge is 0.489 e. The number of nitrogens with one attached hydrogen (secondary N) is 2. The molecular formula is C20H28N4O7S. The summed E-state index contributed by atoms with van der Waals surface area (Å²) in [5.74, 6) is 0.550. The first-order valence-electron chi connectivity index (χ1n) is 10.4. The summed E-state index contributed by atoms with van der Waals surface area (Å²) < 4.78 is 43.8. The molecule has 0 spiro atoms. The number of amides is 1. The van der Waals surface area contributed by atoms with Crippen molar-refractivity contribution in [2.24, 2.45) is 0 Å². The highest BCUT2D eigenvalue weighted by atomic mass is 32.2. The van der Waals surface area contributed by atoms with Crippen molar-refractivity contribution in [1.29, 1.82) is 0 Å². The Hall–Kier alpha value is -2.38. The van der Waals surface area contributed by atoms with Gasteiger partial charge in [0.05, 0.1) is 16.2 Å². The fourth-order valence-electron chi connectivity index (χ4n) is 3.72. The molecule has 2 saturated heterocycles. The minimum atomic E-state index is -3.66. The van der Waals surface area contributed by atoms with Gasteiger partial charge in [-0.25, -0.2) is 13.2 Å². The molecule has 0 bridgehead atoms. The predicted octanol–water partition coefficient (Wildman–Crippen LogP) is 0.520. The number of hydrogen-bond donors (Lipinski definition) is 3. The van der Waals surface area contributed by atoms with E-state index in [0.29, 0.717) is 37.6 Å². The molecule has 0 saturated carbocycles. The Morgan fingerprint density at radius 3 is 2.72 bits per heavy atom. The van der Waals surface area contributed by atoms with Crippen LogP contribution < -0.4 is 20.3 Å². The number of carbonyl (C=O) groups is 1. The van der Waals surface area contributed by atoms with Crippen LogP contribution in [0.2, 0.25) is 0 Å². The van der Waals surface area contributed by atoms with Gasteiger partial charge in [0.1, 0.15) is 18.4 Å². The quantitative estimate of drug-likeness (QED) is 0.530. The Labute approximate surface area is 187 Å². The van der Waals surface area contributed by atoms with E-state index < -0.39 is 34.2 Å². The second-order valence-electron chi connectivity index (χ2n) is 8.64. The number of ether oxygens (including phenoxy) is 3. The van der Waals surface area contributed by atoms with Crippen molar-refractivity contribution < 1.29 is 32.5 Å². The highest BCUT2D eigenvalue weighted by molar-refractivity contribution is 7.89. The van der Waals surface area contributed by atoms with Gasteiger partial charge in [0, 0.05) is 38.4 Å². The minimum Gasteiger partial charge on any atom is -0.489 e. The molecule has 3 aliphatic heterocycles. The standard InChI is InChI=1S/C20H28N4O7S/c1-20(2,3)31-18(25)22-11-17-15-12-29-16-10-13(4-5-14(16)24(15)19(26)30-17)32(27,28)23-8-6-21-7-9-23/h4-5,10-11,15,18,21-22,25H,6-9,12H2,1-3H3/b17-11-/t15-,18?/m1/s1. The number of aliphatic hydroxyl groups excluding tert-OH is 1. The molecule has 11 nitrogen and oxygen atoms in total. The van der Waals surface area contributed by atoms with Gasteiger partial charge in [-0.3, -0.25) is 4.90 Å². The fourth-order valence-corrected chi connectivity index (χ4v) is 5.17. The Kier molecular flexibility index (Phi) is 6.07. The van der Waals surface area contributed by atoms with Gasteiger partial charge < -0.3 is 30.0 Å². The van der Waals surface area contributed by atoms with E-state index in [9.17, 15) is 18.3 Å². The maximum absolute atomic E-state index is 12.9. The number of fused-ring (bicyclic) bond motifs is 3. The van der Waals surface area contributed by atoms with Gasteiger partial charge in [0.2, 0.25) is 16.4 Å². The van der Waals surface area contributed by atoms with Gasteiger partial charge in [-0.2, -0.15) is 4.31 Å². The van der Waals surface area contributed by atoms with E-state index in [1.807, 2.05) is 0 Å². The highest BCUT2D eigenvalue weighted by Gasteiger charge is 2.44. The average molecular weight is 469 g/mol. The SMILES string of the molecule is CC(C)(C)OC(O)N/C=C1\OC(=O)N2c3ccc(S(=O)(=O)N4CCNCC4)cc3OC[C@H]12. The van der Waals surface area contributed by atoms with E-state index in [1.54, 1.807) is 26.8 Å². The van der Waals surface area contributed by atoms with E-state index in [2.05, 4.69) is 10.6 Å². The lowest BCUT2D eigenvalue weighted by molar-refractivity contribution is -0.175. The van der Waals surface area contributed by atoms with Crippen LogP contribution in [0.5, 0.6) is 5.75 Å². The number of benzene rings is 1. The Morgan fingerprint density at radius 2 is 2.03 bits per heavy atom. The van der Waals surface area contributed by atoms with Gasteiger partial charge in [0.15, 0.2) is 5.76 Å². The number of rotatable bonds is 5. The minimum absolute atomic E-state index is 0.0691. The number of nitrogens with zero attached hydrogens (tertiary/aromatic N) is 2. The number of carbonyl (C=O) groups excluding carboxylic acids is 1. The van der Waals surface area contributed by atoms with Crippen LogP contribution in [-0.4, -0.2) is 74.8 Å². The molecule has 1 unspecified atom stereocenters. The van der Waals surface area contributed by atoms with Crippen molar-refractivity contribution in [3.8, 4) is 5.75 Å². The topological polar surface area (TPSA) is 130 Å². The summed E-state index contributed by atoms with van der Waals surface area (Å²) in [5.41, 5.74) is -0.153. The summed E-state index contributed by atoms with van der Waals surface area (Å²) in [5, 5.41) is 15.7. The molecule has 3 heterocycles. The number of sulfonamides is 1. The zero-order valence-electron chi connectivity index (χ0n) is 18.2. The van der Waals surface area contributed by atoms with Gasteiger partial charge in [-0.15, -0.1) is 0 Å². The molecule has 0 aliphatic carbocycles. The van der Waals surface area contributed by atoms with Gasteiger partial charge in [0.25, 0.3) is 0 Å². The number of hydrogen-bond acceptors (Lipinski definition) is 9. The zero-order valence-corrected chi connectivity index (χ0v) is 19.0. The third-order valence-corrected chi connectivity index (χ3v) is 7.07. The number of piperazine rings is 1. The molecule has 1 aromatic rings. The smallest absolute Gasteiger partial charge is 0.420 e. The van der Waals surface area contributed by atoms with Crippen molar-refractivity contribution >= 4 is 21.8 Å². The number of aliphatic hydroxyl groups is 1. The summed E-state index contributed by atoms with van der Waals surface area (Å²) >= 11 is 0. The zero-order chi connectivity index (χ0) is 23.1. The van der Waals surface area contributed by atoms with E-state index in [-0.39, 0.29) is 17.3 Å². The Bertz CT molecular complexity index is 1020. The monoisotopic (exact) mass is 468 g/mol. The van der Waals surface area contributed by atoms with Crippen molar-refractivity contribution in [2.75, 3.05) is 37.7 Å². The predicted molar refractivity (Wildman–Crippen MR) is 114 cm³/mol. The molecule has 2 fully saturated rings. The molecular weight excluding hydrogens is 440 g/mol. The highest BCUT2D eigenvalue weighted by Crippen LogP contribution is 2.41. The summed E-state index contributed by atoms with van der Waals surface area (Å²) in [4.78, 5) is 14.1. The van der Waals surface area contributed by atoms with Gasteiger partial charge in [-0.05, 0) is 32.9 Å². The molecule has 3 N–H and O–H groups in total. The van der Waals surface area contributed by atoms with E-state index >= 15 is 0 Å². The second kappa shape index (κ2) is 8.52. The third kappa shape index (κ3) is 4.55. The van der Waals surface area contributed by atoms with Gasteiger partial charge in [-0.1, -0.05) is 0 Å². The maximum atomic E-state index is 12.9. The lowest BCUT2D eigenvalue weighted by Crippen LogP contribution is -2.46. The van der Waals surface area contributed by atoms with Crippen LogP contribution in [0.3, 0.4) is 0 Å². The fraction of sp³-hybridized carbons (Fsp3) is 0.550. The van der Waals surface area contributed by atoms with Crippen LogP contribution >= 0.6 is 0 Å². The van der Waals surface area contributed by atoms with E-state index in [4.69, 9.17) is 14.2 Å². The molecule has 3 aliphatic rings. The Morgan fingerprint density at radius 1 is 1.31 bits per heavy atom. The molecule has 176 valence electrons. The van der Waals surface area contributed by atoms with Crippen molar-refractivity contribution in [3.63, 3.8) is 0 Å². The molecule has 12 heteroatoms. The molecule has 0 radical (unpaired) electrons. The molecule has 4 rings (SSSR count). The van der Waals surface area contributed by atoms with Crippen LogP contribution in [-0.2, 0) is 19.5 Å². The molecule has 0 aromatic heterocycles. The summed E-state index contributed by atoms with van der Waals surface area (Å²) in [6.07, 6.45) is -0.530. The lowest BCUT2D eigenvalue weighted by Gasteiger charge is -2.31. The lowest BCUT2D eigenvalue weighted by atomic mass is 10.1. The maximum Gasteiger partial charge on any atom is 0.420 e. The van der Waals surface area contributed by atoms with E-state index in [1.165, 1.54) is 27.5 Å². The molecule has 1 aromatic carbocycles. The third-order valence-electron chi connectivity index (χ3n) is 5.18. The van der Waals surface area contributed by atoms with Crippen molar-refractivity contribution in [2.45, 2.75) is 43.7 Å². The normalized spacial score (nSPS) is 23.9. The van der Waals surface area contributed by atoms with Crippen LogP contribution in [0.1, 0.15) is 20.8 Å². The van der Waals surface area contributed by atoms with E-state index in [0.717, 1.165) is 0 Å². The van der Waals surface area contributed by atoms with Crippen LogP contribution in [0.25, 0.3) is 0 Å². The second-order valence-corrected chi connectivity index (χ2v) is 10.6. The molecule has 2 atom stereocenters. The summed E-state index contributed by atoms with van der Waals surface area (Å²) in [7, 11) is -3.66. The first kappa shape index (κ1) is 22.8.